The Balaban J connectivity index is 1.92. The minimum atomic E-state index is -0.669. The lowest BCUT2D eigenvalue weighted by Crippen LogP contribution is -2.13. The van der Waals surface area contributed by atoms with Crippen molar-refractivity contribution in [1.29, 1.82) is 0 Å². The van der Waals surface area contributed by atoms with E-state index in [1.807, 2.05) is 6.92 Å². The van der Waals surface area contributed by atoms with Gasteiger partial charge in [0.25, 0.3) is 11.6 Å². The molecule has 2 N–H and O–H groups in total. The summed E-state index contributed by atoms with van der Waals surface area (Å²) in [7, 11) is 1.79. The maximum atomic E-state index is 12.5. The molecule has 10 heteroatoms. The third-order valence-corrected chi connectivity index (χ3v) is 4.60. The van der Waals surface area contributed by atoms with Crippen LogP contribution in [0.1, 0.15) is 16.1 Å². The van der Waals surface area contributed by atoms with E-state index in [0.717, 1.165) is 11.8 Å². The van der Waals surface area contributed by atoms with E-state index in [0.29, 0.717) is 11.4 Å². The molecule has 0 atom stereocenters. The number of amides is 1. The van der Waals surface area contributed by atoms with Crippen LogP contribution in [0.25, 0.3) is 11.4 Å². The van der Waals surface area contributed by atoms with Gasteiger partial charge in [-0.3, -0.25) is 14.9 Å². The smallest absolute Gasteiger partial charge is 0.271 e. The molecule has 0 aliphatic heterocycles. The topological polar surface area (TPSA) is 110 Å². The van der Waals surface area contributed by atoms with Gasteiger partial charge >= 0.3 is 0 Å². The summed E-state index contributed by atoms with van der Waals surface area (Å²) in [5.74, 6) is -0.420. The summed E-state index contributed by atoms with van der Waals surface area (Å²) < 4.78 is 1.76. The van der Waals surface area contributed by atoms with Crippen LogP contribution in [-0.4, -0.2) is 25.5 Å². The average Bonchev–Trinajstić information content (AvgIpc) is 2.96. The van der Waals surface area contributed by atoms with Crippen molar-refractivity contribution in [2.45, 2.75) is 6.92 Å². The summed E-state index contributed by atoms with van der Waals surface area (Å²) in [5.41, 5.74) is 1.14. The largest absolute Gasteiger partial charge is 0.507 e. The molecule has 0 saturated carbocycles. The molecule has 1 aromatic heterocycles. The molecule has 0 bridgehead atoms. The van der Waals surface area contributed by atoms with Crippen molar-refractivity contribution in [3.8, 4) is 17.1 Å². The quantitative estimate of drug-likeness (QED) is 0.474. The fraction of sp³-hybridized carbons (Fsp3) is 0.111. The summed E-state index contributed by atoms with van der Waals surface area (Å²) in [5, 5.41) is 23.8. The van der Waals surface area contributed by atoms with Gasteiger partial charge in [-0.25, -0.2) is 4.98 Å². The van der Waals surface area contributed by atoms with Gasteiger partial charge in [-0.1, -0.05) is 23.2 Å². The molecule has 2 aromatic carbocycles. The molecule has 0 spiro atoms. The van der Waals surface area contributed by atoms with Crippen LogP contribution in [0.3, 0.4) is 0 Å². The first-order valence-electron chi connectivity index (χ1n) is 7.95. The van der Waals surface area contributed by atoms with E-state index in [-0.39, 0.29) is 32.7 Å². The third kappa shape index (κ3) is 3.78. The van der Waals surface area contributed by atoms with Gasteiger partial charge in [0, 0.05) is 30.9 Å². The fourth-order valence-electron chi connectivity index (χ4n) is 2.69. The molecule has 0 aliphatic carbocycles. The van der Waals surface area contributed by atoms with Gasteiger partial charge in [0.1, 0.15) is 11.6 Å². The van der Waals surface area contributed by atoms with Crippen LogP contribution in [-0.2, 0) is 7.05 Å². The summed E-state index contributed by atoms with van der Waals surface area (Å²) in [6, 6.07) is 6.32. The normalized spacial score (nSPS) is 10.7. The van der Waals surface area contributed by atoms with Crippen molar-refractivity contribution in [2.24, 2.45) is 7.05 Å². The van der Waals surface area contributed by atoms with Gasteiger partial charge in [-0.2, -0.15) is 0 Å². The van der Waals surface area contributed by atoms with Gasteiger partial charge in [-0.05, 0) is 25.1 Å². The number of benzene rings is 2. The number of hydrogen-bond acceptors (Lipinski definition) is 5. The number of carbonyl (C=O) groups is 1. The first-order valence-corrected chi connectivity index (χ1v) is 8.71. The maximum Gasteiger partial charge on any atom is 0.271 e. The van der Waals surface area contributed by atoms with Crippen LogP contribution in [0.15, 0.2) is 36.5 Å². The van der Waals surface area contributed by atoms with E-state index < -0.39 is 10.8 Å². The van der Waals surface area contributed by atoms with E-state index in [4.69, 9.17) is 23.2 Å². The highest BCUT2D eigenvalue weighted by Crippen LogP contribution is 2.34. The number of nitrogens with zero attached hydrogens (tertiary/aromatic N) is 3. The third-order valence-electron chi connectivity index (χ3n) is 3.98. The number of nitro groups is 1. The Labute approximate surface area is 169 Å². The highest BCUT2D eigenvalue weighted by atomic mass is 35.5. The van der Waals surface area contributed by atoms with Crippen LogP contribution in [0.2, 0.25) is 10.0 Å². The predicted octanol–water partition coefficient (Wildman–Crippen LogP) is 4.57. The number of carbonyl (C=O) groups excluding carboxylic acids is 1. The molecule has 0 radical (unpaired) electrons. The number of nitro benzene ring substituents is 1. The number of aromatic hydroxyl groups is 1. The molecule has 3 rings (SSSR count). The summed E-state index contributed by atoms with van der Waals surface area (Å²) in [6.45, 7) is 1.83. The maximum absolute atomic E-state index is 12.5. The van der Waals surface area contributed by atoms with E-state index in [1.165, 1.54) is 24.3 Å². The predicted molar refractivity (Wildman–Crippen MR) is 106 cm³/mol. The van der Waals surface area contributed by atoms with Crippen molar-refractivity contribution in [2.75, 3.05) is 5.32 Å². The van der Waals surface area contributed by atoms with E-state index in [9.17, 15) is 20.0 Å². The first kappa shape index (κ1) is 19.7. The van der Waals surface area contributed by atoms with Crippen LogP contribution in [0, 0.1) is 17.0 Å². The van der Waals surface area contributed by atoms with Crippen molar-refractivity contribution in [1.82, 2.24) is 9.55 Å². The van der Waals surface area contributed by atoms with Crippen molar-refractivity contribution < 1.29 is 14.8 Å². The van der Waals surface area contributed by atoms with Crippen LogP contribution >= 0.6 is 23.2 Å². The van der Waals surface area contributed by atoms with Crippen molar-refractivity contribution in [3.63, 3.8) is 0 Å². The summed E-state index contributed by atoms with van der Waals surface area (Å²) in [6.07, 6.45) is 1.81. The lowest BCUT2D eigenvalue weighted by atomic mass is 10.1. The zero-order chi connectivity index (χ0) is 20.6. The molecular weight excluding hydrogens is 407 g/mol. The number of anilines is 1. The van der Waals surface area contributed by atoms with E-state index in [2.05, 4.69) is 10.3 Å². The minimum Gasteiger partial charge on any atom is -0.507 e. The van der Waals surface area contributed by atoms with Crippen LogP contribution in [0.5, 0.6) is 5.75 Å². The Morgan fingerprint density at radius 2 is 1.96 bits per heavy atom. The summed E-state index contributed by atoms with van der Waals surface area (Å²) in [4.78, 5) is 27.1. The van der Waals surface area contributed by atoms with E-state index in [1.54, 1.807) is 17.8 Å². The number of hydrogen-bond donors (Lipinski definition) is 2. The SMILES string of the molecule is Cc1cn(C)c(-c2cc(O)c(C(=O)Nc3ccc([N+](=O)[O-])cc3Cl)cc2Cl)n1. The van der Waals surface area contributed by atoms with Crippen LogP contribution in [0.4, 0.5) is 11.4 Å². The fourth-order valence-corrected chi connectivity index (χ4v) is 3.16. The number of imidazole rings is 1. The summed E-state index contributed by atoms with van der Waals surface area (Å²) >= 11 is 12.3. The van der Waals surface area contributed by atoms with Gasteiger partial charge in [0.15, 0.2) is 0 Å². The lowest BCUT2D eigenvalue weighted by Gasteiger charge is -2.11. The molecule has 28 heavy (non-hydrogen) atoms. The standard InChI is InChI=1S/C18H14Cl2N4O4/c1-9-8-23(2)17(21-9)11-7-16(25)12(6-13(11)19)18(26)22-15-4-3-10(24(27)28)5-14(15)20/h3-8,25H,1-2H3,(H,22,26). The monoisotopic (exact) mass is 420 g/mol. The zero-order valence-electron chi connectivity index (χ0n) is 14.7. The number of nitrogens with one attached hydrogen (secondary N) is 1. The van der Waals surface area contributed by atoms with Gasteiger partial charge < -0.3 is 15.0 Å². The number of rotatable bonds is 4. The zero-order valence-corrected chi connectivity index (χ0v) is 16.2. The van der Waals surface area contributed by atoms with Crippen molar-refractivity contribution >= 4 is 40.5 Å². The Hall–Kier alpha value is -3.10. The molecule has 0 aliphatic rings. The molecule has 1 amide bonds. The number of aromatic nitrogens is 2. The van der Waals surface area contributed by atoms with Crippen molar-refractivity contribution in [3.05, 3.63) is 67.9 Å². The molecule has 0 saturated heterocycles. The Kier molecular flexibility index (Phi) is 5.26. The Morgan fingerprint density at radius 3 is 2.54 bits per heavy atom. The molecule has 144 valence electrons. The molecule has 0 unspecified atom stereocenters. The molecular formula is C18H14Cl2N4O4. The highest BCUT2D eigenvalue weighted by Gasteiger charge is 2.19. The Bertz CT molecular complexity index is 1110. The molecule has 3 aromatic rings. The lowest BCUT2D eigenvalue weighted by molar-refractivity contribution is -0.384. The van der Waals surface area contributed by atoms with Gasteiger partial charge in [0.05, 0.1) is 31.9 Å². The van der Waals surface area contributed by atoms with Gasteiger partial charge in [-0.15, -0.1) is 0 Å². The number of phenolic OH excluding ortho intramolecular Hbond substituents is 1. The second-order valence-electron chi connectivity index (χ2n) is 6.04. The molecule has 8 nitrogen and oxygen atoms in total. The first-order chi connectivity index (χ1) is 13.2. The second-order valence-corrected chi connectivity index (χ2v) is 6.86. The highest BCUT2D eigenvalue weighted by molar-refractivity contribution is 6.35. The van der Waals surface area contributed by atoms with Gasteiger partial charge in [0.2, 0.25) is 0 Å². The molecule has 1 heterocycles. The Morgan fingerprint density at radius 1 is 1.25 bits per heavy atom. The average molecular weight is 421 g/mol. The minimum absolute atomic E-state index is 0.00626. The number of halogens is 2. The number of non-ortho nitro benzene ring substituents is 1. The van der Waals surface area contributed by atoms with Crippen LogP contribution < -0.4 is 5.32 Å². The number of phenols is 1. The van der Waals surface area contributed by atoms with E-state index >= 15 is 0 Å². The molecule has 0 fully saturated rings. The number of aryl methyl sites for hydroxylation is 2. The second kappa shape index (κ2) is 7.49.